The second kappa shape index (κ2) is 14.0. The van der Waals surface area contributed by atoms with E-state index in [9.17, 15) is 14.7 Å². The minimum absolute atomic E-state index is 0.0401. The van der Waals surface area contributed by atoms with Crippen LogP contribution in [0.1, 0.15) is 68.2 Å². The van der Waals surface area contributed by atoms with Crippen molar-refractivity contribution in [2.45, 2.75) is 58.1 Å². The van der Waals surface area contributed by atoms with Gasteiger partial charge in [-0.25, -0.2) is 4.98 Å². The van der Waals surface area contributed by atoms with Crippen LogP contribution in [0.3, 0.4) is 0 Å². The summed E-state index contributed by atoms with van der Waals surface area (Å²) < 4.78 is 0. The molecule has 1 fully saturated rings. The Bertz CT molecular complexity index is 1470. The van der Waals surface area contributed by atoms with Gasteiger partial charge in [-0.05, 0) is 80.0 Å². The standard InChI is InChI=1S/C36H40N2O3S/c1-25-24-42-34(37-25)23-38(2)36(41)31-15-9-14-29(21-31)33(39)22-32(19-27-12-7-4-8-13-27)35(40)30-17-16-28(20-30)18-26-10-5-3-6-11-26/h3-15,21,24,28,30,32,35,40H,16-20,22-23H2,1-2H3/t28-,30-,32-,35-/m1/s1. The van der Waals surface area contributed by atoms with Gasteiger partial charge in [-0.2, -0.15) is 0 Å². The highest BCUT2D eigenvalue weighted by molar-refractivity contribution is 7.09. The molecular weight excluding hydrogens is 540 g/mol. The number of aliphatic hydroxyl groups excluding tert-OH is 1. The Morgan fingerprint density at radius 2 is 1.64 bits per heavy atom. The second-order valence-corrected chi connectivity index (χ2v) is 12.8. The minimum atomic E-state index is -0.562. The van der Waals surface area contributed by atoms with Gasteiger partial charge in [0.2, 0.25) is 0 Å². The van der Waals surface area contributed by atoms with Crippen molar-refractivity contribution in [3.8, 4) is 0 Å². The number of aliphatic hydroxyl groups is 1. The molecule has 6 heteroatoms. The lowest BCUT2D eigenvalue weighted by Gasteiger charge is -2.28. The third-order valence-electron chi connectivity index (χ3n) is 8.52. The Labute approximate surface area is 253 Å². The van der Waals surface area contributed by atoms with Crippen molar-refractivity contribution in [3.63, 3.8) is 0 Å². The zero-order valence-electron chi connectivity index (χ0n) is 24.5. The van der Waals surface area contributed by atoms with Crippen molar-refractivity contribution in [1.82, 2.24) is 9.88 Å². The first-order valence-electron chi connectivity index (χ1n) is 14.9. The van der Waals surface area contributed by atoms with Crippen LogP contribution in [0.4, 0.5) is 0 Å². The van der Waals surface area contributed by atoms with Gasteiger partial charge >= 0.3 is 0 Å². The molecule has 1 aliphatic carbocycles. The summed E-state index contributed by atoms with van der Waals surface area (Å²) in [4.78, 5) is 32.9. The zero-order chi connectivity index (χ0) is 29.5. The molecular formula is C36H40N2O3S. The van der Waals surface area contributed by atoms with Gasteiger partial charge in [0, 0.05) is 35.7 Å². The highest BCUT2D eigenvalue weighted by atomic mass is 32.1. The summed E-state index contributed by atoms with van der Waals surface area (Å²) in [5, 5.41) is 14.5. The molecule has 1 N–H and O–H groups in total. The summed E-state index contributed by atoms with van der Waals surface area (Å²) in [6.45, 7) is 2.36. The Balaban J connectivity index is 1.27. The average molecular weight is 581 g/mol. The van der Waals surface area contributed by atoms with E-state index in [1.807, 2.05) is 36.6 Å². The molecule has 0 saturated heterocycles. The molecule has 1 amide bonds. The van der Waals surface area contributed by atoms with Gasteiger partial charge in [0.15, 0.2) is 5.78 Å². The van der Waals surface area contributed by atoms with Gasteiger partial charge in [0.25, 0.3) is 5.91 Å². The summed E-state index contributed by atoms with van der Waals surface area (Å²) in [6.07, 6.45) is 4.40. The highest BCUT2D eigenvalue weighted by Crippen LogP contribution is 2.38. The van der Waals surface area contributed by atoms with Crippen LogP contribution >= 0.6 is 11.3 Å². The van der Waals surface area contributed by atoms with E-state index in [0.29, 0.717) is 30.0 Å². The molecule has 1 aliphatic rings. The lowest BCUT2D eigenvalue weighted by molar-refractivity contribution is 0.0442. The molecule has 5 rings (SSSR count). The zero-order valence-corrected chi connectivity index (χ0v) is 25.3. The Hall–Kier alpha value is -3.61. The van der Waals surface area contributed by atoms with Crippen LogP contribution in [0.5, 0.6) is 0 Å². The summed E-state index contributed by atoms with van der Waals surface area (Å²) in [5.41, 5.74) is 4.40. The van der Waals surface area contributed by atoms with E-state index in [1.165, 1.54) is 16.9 Å². The quantitative estimate of drug-likeness (QED) is 0.180. The number of thiazole rings is 1. The van der Waals surface area contributed by atoms with Crippen LogP contribution in [-0.4, -0.2) is 39.8 Å². The summed E-state index contributed by atoms with van der Waals surface area (Å²) >= 11 is 1.54. The smallest absolute Gasteiger partial charge is 0.253 e. The molecule has 0 bridgehead atoms. The molecule has 4 aromatic rings. The number of carbonyl (C=O) groups is 2. The van der Waals surface area contributed by atoms with Crippen molar-refractivity contribution in [2.24, 2.45) is 17.8 Å². The summed E-state index contributed by atoms with van der Waals surface area (Å²) in [6, 6.07) is 27.7. The van der Waals surface area contributed by atoms with Crippen LogP contribution in [0, 0.1) is 24.7 Å². The fourth-order valence-electron chi connectivity index (χ4n) is 6.32. The predicted molar refractivity (Wildman–Crippen MR) is 169 cm³/mol. The normalized spacial score (nSPS) is 18.0. The maximum absolute atomic E-state index is 13.7. The maximum Gasteiger partial charge on any atom is 0.253 e. The number of Topliss-reactive ketones (excluding diaryl/α,β-unsaturated/α-hetero) is 1. The third kappa shape index (κ3) is 7.81. The van der Waals surface area contributed by atoms with E-state index < -0.39 is 6.10 Å². The van der Waals surface area contributed by atoms with Crippen LogP contribution < -0.4 is 0 Å². The van der Waals surface area contributed by atoms with Crippen LogP contribution in [-0.2, 0) is 19.4 Å². The Morgan fingerprint density at radius 3 is 2.33 bits per heavy atom. The average Bonchev–Trinajstić information content (AvgIpc) is 3.65. The van der Waals surface area contributed by atoms with E-state index in [4.69, 9.17) is 0 Å². The lowest BCUT2D eigenvalue weighted by Crippen LogP contribution is -2.31. The molecule has 5 nitrogen and oxygen atoms in total. The van der Waals surface area contributed by atoms with E-state index in [1.54, 1.807) is 36.2 Å². The molecule has 0 unspecified atom stereocenters. The molecule has 0 aliphatic heterocycles. The third-order valence-corrected chi connectivity index (χ3v) is 9.47. The number of hydrogen-bond acceptors (Lipinski definition) is 5. The molecule has 42 heavy (non-hydrogen) atoms. The number of benzene rings is 3. The van der Waals surface area contributed by atoms with Gasteiger partial charge in [-0.15, -0.1) is 11.3 Å². The highest BCUT2D eigenvalue weighted by Gasteiger charge is 2.35. The molecule has 0 spiro atoms. The van der Waals surface area contributed by atoms with Crippen LogP contribution in [0.25, 0.3) is 0 Å². The topological polar surface area (TPSA) is 70.5 Å². The largest absolute Gasteiger partial charge is 0.393 e. The molecule has 3 aromatic carbocycles. The Morgan fingerprint density at radius 1 is 0.952 bits per heavy atom. The van der Waals surface area contributed by atoms with Crippen molar-refractivity contribution in [2.75, 3.05) is 7.05 Å². The van der Waals surface area contributed by atoms with Crippen LogP contribution in [0.2, 0.25) is 0 Å². The number of ketones is 1. The van der Waals surface area contributed by atoms with Gasteiger partial charge in [-0.1, -0.05) is 72.8 Å². The molecule has 4 atom stereocenters. The molecule has 218 valence electrons. The minimum Gasteiger partial charge on any atom is -0.393 e. The first-order chi connectivity index (χ1) is 20.4. The van der Waals surface area contributed by atoms with E-state index in [2.05, 4.69) is 41.4 Å². The number of aryl methyl sites for hydroxylation is 1. The lowest BCUT2D eigenvalue weighted by atomic mass is 9.81. The maximum atomic E-state index is 13.7. The SMILES string of the molecule is Cc1csc(CN(C)C(=O)c2cccc(C(=O)C[C@@H](Cc3ccccc3)[C@H](O)[C@@H]3CC[C@H](Cc4ccccc4)C3)c2)n1. The second-order valence-electron chi connectivity index (χ2n) is 11.8. The first kappa shape index (κ1) is 29.9. The van der Waals surface area contributed by atoms with Gasteiger partial charge in [0.05, 0.1) is 12.6 Å². The molecule has 1 saturated carbocycles. The number of carbonyl (C=O) groups excluding carboxylic acids is 2. The number of amides is 1. The molecule has 1 heterocycles. The van der Waals surface area contributed by atoms with Crippen molar-refractivity contribution in [3.05, 3.63) is 123 Å². The first-order valence-corrected chi connectivity index (χ1v) is 15.8. The number of hydrogen-bond donors (Lipinski definition) is 1. The van der Waals surface area contributed by atoms with Gasteiger partial charge < -0.3 is 10.0 Å². The van der Waals surface area contributed by atoms with Crippen molar-refractivity contribution in [1.29, 1.82) is 0 Å². The molecule has 0 radical (unpaired) electrons. The fourth-order valence-corrected chi connectivity index (χ4v) is 7.15. The van der Waals surface area contributed by atoms with Crippen molar-refractivity contribution >= 4 is 23.0 Å². The predicted octanol–water partition coefficient (Wildman–Crippen LogP) is 7.18. The van der Waals surface area contributed by atoms with Gasteiger partial charge in [-0.3, -0.25) is 9.59 Å². The van der Waals surface area contributed by atoms with E-state index in [0.717, 1.165) is 41.9 Å². The fraction of sp³-hybridized carbons (Fsp3) is 0.361. The molecule has 1 aromatic heterocycles. The Kier molecular flexibility index (Phi) is 9.98. The van der Waals surface area contributed by atoms with Crippen LogP contribution in [0.15, 0.2) is 90.3 Å². The van der Waals surface area contributed by atoms with Crippen molar-refractivity contribution < 1.29 is 14.7 Å². The van der Waals surface area contributed by atoms with E-state index >= 15 is 0 Å². The number of aromatic nitrogens is 1. The summed E-state index contributed by atoms with van der Waals surface area (Å²) in [7, 11) is 1.76. The monoisotopic (exact) mass is 580 g/mol. The van der Waals surface area contributed by atoms with E-state index in [-0.39, 0.29) is 29.9 Å². The van der Waals surface area contributed by atoms with Gasteiger partial charge in [0.1, 0.15) is 5.01 Å². The number of rotatable bonds is 12. The summed E-state index contributed by atoms with van der Waals surface area (Å²) in [5.74, 6) is 0.343. The number of nitrogens with zero attached hydrogens (tertiary/aromatic N) is 2.